The topological polar surface area (TPSA) is 111 Å². The van der Waals surface area contributed by atoms with E-state index >= 15 is 0 Å². The lowest BCUT2D eigenvalue weighted by atomic mass is 10.1. The van der Waals surface area contributed by atoms with Crippen LogP contribution in [0.1, 0.15) is 25.3 Å². The van der Waals surface area contributed by atoms with Gasteiger partial charge in [0, 0.05) is 24.4 Å². The average Bonchev–Trinajstić information content (AvgIpc) is 2.56. The summed E-state index contributed by atoms with van der Waals surface area (Å²) in [6, 6.07) is 7.57. The smallest absolute Gasteiger partial charge is 0.311 e. The molecule has 27 heavy (non-hydrogen) atoms. The molecule has 10 heteroatoms. The number of nitro groups is 1. The van der Waals surface area contributed by atoms with Crippen LogP contribution in [-0.4, -0.2) is 21.8 Å². The van der Waals surface area contributed by atoms with Crippen LogP contribution in [0.5, 0.6) is 5.75 Å². The van der Waals surface area contributed by atoms with E-state index in [1.165, 1.54) is 25.1 Å². The molecule has 0 aliphatic rings. The van der Waals surface area contributed by atoms with Gasteiger partial charge < -0.3 is 10.1 Å². The van der Waals surface area contributed by atoms with Gasteiger partial charge in [-0.3, -0.25) is 19.7 Å². The number of hydrogen-bond donors (Lipinski definition) is 1. The number of hydrogen-bond acceptors (Lipinski definition) is 6. The molecule has 0 aliphatic heterocycles. The fourth-order valence-electron chi connectivity index (χ4n) is 2.26. The normalized spacial score (nSPS) is 10.3. The predicted molar refractivity (Wildman–Crippen MR) is 103 cm³/mol. The standard InChI is InChI=1S/C17H15BrClN3O5/c1-10(23)27-12-6-5-11(13(19)9-12)3-2-4-16(24)21-17-14(22(25)26)7-8-15(18)20-17/h5-9H,2-4H2,1H3,(H,20,21,24). The van der Waals surface area contributed by atoms with Gasteiger partial charge >= 0.3 is 11.7 Å². The number of amides is 1. The summed E-state index contributed by atoms with van der Waals surface area (Å²) in [6.07, 6.45) is 1.12. The maximum Gasteiger partial charge on any atom is 0.311 e. The molecule has 0 aliphatic carbocycles. The van der Waals surface area contributed by atoms with Crippen molar-refractivity contribution in [3.63, 3.8) is 0 Å². The van der Waals surface area contributed by atoms with Gasteiger partial charge in [-0.1, -0.05) is 17.7 Å². The van der Waals surface area contributed by atoms with Crippen LogP contribution >= 0.6 is 27.5 Å². The summed E-state index contributed by atoms with van der Waals surface area (Å²) in [4.78, 5) is 37.3. The number of aromatic nitrogens is 1. The lowest BCUT2D eigenvalue weighted by Crippen LogP contribution is -2.14. The summed E-state index contributed by atoms with van der Waals surface area (Å²) in [5, 5.41) is 13.9. The fraction of sp³-hybridized carbons (Fsp3) is 0.235. The molecule has 0 spiro atoms. The molecule has 1 aromatic carbocycles. The van der Waals surface area contributed by atoms with Crippen LogP contribution in [0, 0.1) is 10.1 Å². The Labute approximate surface area is 168 Å². The van der Waals surface area contributed by atoms with Gasteiger partial charge in [-0.15, -0.1) is 0 Å². The zero-order valence-corrected chi connectivity index (χ0v) is 16.5. The zero-order valence-electron chi connectivity index (χ0n) is 14.2. The summed E-state index contributed by atoms with van der Waals surface area (Å²) in [5.41, 5.74) is 0.516. The first-order chi connectivity index (χ1) is 12.8. The number of ether oxygens (including phenoxy) is 1. The van der Waals surface area contributed by atoms with Crippen molar-refractivity contribution in [2.24, 2.45) is 0 Å². The summed E-state index contributed by atoms with van der Waals surface area (Å²) in [6.45, 7) is 1.30. The zero-order chi connectivity index (χ0) is 20.0. The predicted octanol–water partition coefficient (Wildman–Crippen LogP) is 4.29. The molecule has 0 atom stereocenters. The van der Waals surface area contributed by atoms with Gasteiger partial charge in [-0.2, -0.15) is 0 Å². The number of anilines is 1. The molecule has 0 bridgehead atoms. The number of nitrogens with one attached hydrogen (secondary N) is 1. The van der Waals surface area contributed by atoms with Crippen molar-refractivity contribution in [1.29, 1.82) is 0 Å². The average molecular weight is 457 g/mol. The molecule has 0 saturated carbocycles. The maximum absolute atomic E-state index is 12.1. The lowest BCUT2D eigenvalue weighted by Gasteiger charge is -2.08. The molecule has 0 saturated heterocycles. The molecular formula is C17H15BrClN3O5. The molecule has 1 aromatic heterocycles. The highest BCUT2D eigenvalue weighted by Gasteiger charge is 2.17. The SMILES string of the molecule is CC(=O)Oc1ccc(CCCC(=O)Nc2nc(Br)ccc2[N+](=O)[O-])c(Cl)c1. The van der Waals surface area contributed by atoms with Crippen LogP contribution in [0.15, 0.2) is 34.9 Å². The van der Waals surface area contributed by atoms with Crippen LogP contribution < -0.4 is 10.1 Å². The molecule has 1 heterocycles. The van der Waals surface area contributed by atoms with Crippen molar-refractivity contribution >= 4 is 50.9 Å². The first kappa shape index (κ1) is 20.8. The number of esters is 1. The van der Waals surface area contributed by atoms with Crippen molar-refractivity contribution in [2.75, 3.05) is 5.32 Å². The van der Waals surface area contributed by atoms with E-state index < -0.39 is 16.8 Å². The second-order valence-corrected chi connectivity index (χ2v) is 6.73. The maximum atomic E-state index is 12.1. The van der Waals surface area contributed by atoms with Crippen LogP contribution in [-0.2, 0) is 16.0 Å². The quantitative estimate of drug-likeness (QED) is 0.219. The van der Waals surface area contributed by atoms with Gasteiger partial charge in [0.1, 0.15) is 10.4 Å². The minimum absolute atomic E-state index is 0.108. The van der Waals surface area contributed by atoms with E-state index in [0.717, 1.165) is 5.56 Å². The number of pyridine rings is 1. The Kier molecular flexibility index (Phi) is 7.26. The Morgan fingerprint density at radius 3 is 2.70 bits per heavy atom. The first-order valence-electron chi connectivity index (χ1n) is 7.84. The van der Waals surface area contributed by atoms with Crippen molar-refractivity contribution in [2.45, 2.75) is 26.2 Å². The highest BCUT2D eigenvalue weighted by molar-refractivity contribution is 9.10. The molecule has 0 radical (unpaired) electrons. The second kappa shape index (κ2) is 9.43. The van der Waals surface area contributed by atoms with Crippen LogP contribution in [0.25, 0.3) is 0 Å². The third-order valence-electron chi connectivity index (χ3n) is 3.43. The van der Waals surface area contributed by atoms with Crippen LogP contribution in [0.3, 0.4) is 0 Å². The van der Waals surface area contributed by atoms with Gasteiger partial charge in [-0.05, 0) is 52.5 Å². The van der Waals surface area contributed by atoms with E-state index in [9.17, 15) is 19.7 Å². The van der Waals surface area contributed by atoms with Gasteiger partial charge in [0.25, 0.3) is 0 Å². The first-order valence-corrected chi connectivity index (χ1v) is 9.01. The highest BCUT2D eigenvalue weighted by atomic mass is 79.9. The van der Waals surface area contributed by atoms with Crippen LogP contribution in [0.4, 0.5) is 11.5 Å². The second-order valence-electron chi connectivity index (χ2n) is 5.51. The van der Waals surface area contributed by atoms with Gasteiger partial charge in [-0.25, -0.2) is 4.98 Å². The number of nitrogens with zero attached hydrogens (tertiary/aromatic N) is 2. The Morgan fingerprint density at radius 1 is 1.33 bits per heavy atom. The van der Waals surface area contributed by atoms with E-state index in [-0.39, 0.29) is 17.9 Å². The van der Waals surface area contributed by atoms with Crippen molar-refractivity contribution in [3.8, 4) is 5.75 Å². The van der Waals surface area contributed by atoms with E-state index in [1.54, 1.807) is 12.1 Å². The van der Waals surface area contributed by atoms with E-state index in [2.05, 4.69) is 26.2 Å². The largest absolute Gasteiger partial charge is 0.427 e. The number of aryl methyl sites for hydroxylation is 1. The molecule has 2 rings (SSSR count). The number of carbonyl (C=O) groups is 2. The Hall–Kier alpha value is -2.52. The summed E-state index contributed by atoms with van der Waals surface area (Å²) >= 11 is 9.27. The van der Waals surface area contributed by atoms with E-state index in [4.69, 9.17) is 16.3 Å². The number of carbonyl (C=O) groups excluding carboxylic acids is 2. The molecule has 8 nitrogen and oxygen atoms in total. The monoisotopic (exact) mass is 455 g/mol. The van der Waals surface area contributed by atoms with Gasteiger partial charge in [0.2, 0.25) is 11.7 Å². The Morgan fingerprint density at radius 2 is 2.07 bits per heavy atom. The highest BCUT2D eigenvalue weighted by Crippen LogP contribution is 2.26. The van der Waals surface area contributed by atoms with E-state index in [0.29, 0.717) is 28.2 Å². The lowest BCUT2D eigenvalue weighted by molar-refractivity contribution is -0.384. The molecule has 0 fully saturated rings. The molecule has 1 amide bonds. The summed E-state index contributed by atoms with van der Waals surface area (Å²) in [7, 11) is 0. The van der Waals surface area contributed by atoms with Gasteiger partial charge in [0.15, 0.2) is 0 Å². The molecule has 1 N–H and O–H groups in total. The summed E-state index contributed by atoms with van der Waals surface area (Å²) < 4.78 is 5.32. The Bertz CT molecular complexity index is 891. The van der Waals surface area contributed by atoms with Crippen molar-refractivity contribution < 1.29 is 19.2 Å². The minimum Gasteiger partial charge on any atom is -0.427 e. The number of halogens is 2. The fourth-order valence-corrected chi connectivity index (χ4v) is 2.84. The molecule has 142 valence electrons. The molecule has 0 unspecified atom stereocenters. The molecule has 2 aromatic rings. The van der Waals surface area contributed by atoms with Crippen molar-refractivity contribution in [1.82, 2.24) is 4.98 Å². The Balaban J connectivity index is 1.92. The van der Waals surface area contributed by atoms with Crippen LogP contribution in [0.2, 0.25) is 5.02 Å². The number of rotatable bonds is 7. The molecular weight excluding hydrogens is 442 g/mol. The minimum atomic E-state index is -0.612. The third-order valence-corrected chi connectivity index (χ3v) is 4.22. The van der Waals surface area contributed by atoms with Crippen molar-refractivity contribution in [3.05, 3.63) is 55.6 Å². The third kappa shape index (κ3) is 6.30. The summed E-state index contributed by atoms with van der Waals surface area (Å²) in [5.74, 6) is -0.590. The van der Waals surface area contributed by atoms with E-state index in [1.807, 2.05) is 0 Å². The number of benzene rings is 1. The van der Waals surface area contributed by atoms with Gasteiger partial charge in [0.05, 0.1) is 4.92 Å².